The number of aliphatic hydroxyl groups is 1. The predicted octanol–water partition coefficient (Wildman–Crippen LogP) is 6.73. The van der Waals surface area contributed by atoms with Crippen LogP contribution < -0.4 is 9.47 Å². The highest BCUT2D eigenvalue weighted by molar-refractivity contribution is 6.08. The fourth-order valence-electron chi connectivity index (χ4n) is 11.2. The lowest BCUT2D eigenvalue weighted by Gasteiger charge is -2.71. The van der Waals surface area contributed by atoms with E-state index in [1.165, 1.54) is 0 Å². The first kappa shape index (κ1) is 28.9. The van der Waals surface area contributed by atoms with Gasteiger partial charge < -0.3 is 23.7 Å². The summed E-state index contributed by atoms with van der Waals surface area (Å²) in [7, 11) is 3.25. The van der Waals surface area contributed by atoms with Crippen LogP contribution in [0.3, 0.4) is 0 Å². The van der Waals surface area contributed by atoms with Gasteiger partial charge in [-0.15, -0.1) is 0 Å². The van der Waals surface area contributed by atoms with E-state index in [0.29, 0.717) is 36.8 Å². The average molecular weight is 614 g/mol. The molecule has 0 unspecified atom stereocenters. The van der Waals surface area contributed by atoms with Crippen LogP contribution in [0, 0.1) is 33.5 Å². The van der Waals surface area contributed by atoms with Crippen molar-refractivity contribution >= 4 is 11.9 Å². The second-order valence-electron chi connectivity index (χ2n) is 15.0. The SMILES string of the molecule is COc1ccc(CN2C[C@@]3(CC[C@H]4[C@]56C=C[C@@]7(C=C5C(=O)c5ccco5)C[C@@H](O)CC[C@]7(C)[C@H]6CC[C@@]43C)OC2=O)c(OC)c1. The highest BCUT2D eigenvalue weighted by atomic mass is 16.6. The number of nitrogens with zero attached hydrogens (tertiary/aromatic N) is 1. The van der Waals surface area contributed by atoms with Gasteiger partial charge in [0, 0.05) is 33.4 Å². The summed E-state index contributed by atoms with van der Waals surface area (Å²) in [5.41, 5.74) is -0.231. The Balaban J connectivity index is 1.19. The molecule has 45 heavy (non-hydrogen) atoms. The number of carbonyl (C=O) groups is 2. The zero-order chi connectivity index (χ0) is 31.4. The number of ketones is 1. The zero-order valence-electron chi connectivity index (χ0n) is 26.6. The van der Waals surface area contributed by atoms with Gasteiger partial charge in [0.15, 0.2) is 5.76 Å². The van der Waals surface area contributed by atoms with Crippen LogP contribution in [0.2, 0.25) is 0 Å². The van der Waals surface area contributed by atoms with E-state index in [9.17, 15) is 14.7 Å². The maximum absolute atomic E-state index is 14.4. The fraction of sp³-hybridized carbons (Fsp3) is 0.568. The molecular formula is C37H43NO7. The lowest BCUT2D eigenvalue weighted by molar-refractivity contribution is -0.164. The summed E-state index contributed by atoms with van der Waals surface area (Å²) in [5, 5.41) is 10.9. The third-order valence-corrected chi connectivity index (χ3v) is 13.5. The van der Waals surface area contributed by atoms with Crippen molar-refractivity contribution in [1.82, 2.24) is 4.90 Å². The molecule has 9 rings (SSSR count). The minimum absolute atomic E-state index is 0.0577. The van der Waals surface area contributed by atoms with Gasteiger partial charge in [-0.05, 0) is 86.5 Å². The third-order valence-electron chi connectivity index (χ3n) is 13.5. The number of furan rings is 1. The van der Waals surface area contributed by atoms with E-state index in [2.05, 4.69) is 32.1 Å². The predicted molar refractivity (Wildman–Crippen MR) is 166 cm³/mol. The molecule has 2 heterocycles. The molecule has 3 spiro atoms. The quantitative estimate of drug-likeness (QED) is 0.285. The first-order valence-corrected chi connectivity index (χ1v) is 16.4. The Hall–Kier alpha value is -3.52. The number of hydrogen-bond acceptors (Lipinski definition) is 7. The molecule has 8 heteroatoms. The lowest BCUT2D eigenvalue weighted by atomic mass is 9.32. The van der Waals surface area contributed by atoms with Crippen LogP contribution in [0.4, 0.5) is 4.79 Å². The third kappa shape index (κ3) is 3.58. The van der Waals surface area contributed by atoms with Crippen LogP contribution in [-0.2, 0) is 11.3 Å². The molecule has 8 atom stereocenters. The monoisotopic (exact) mass is 613 g/mol. The standard InChI is InChI=1S/C37H43NO7/c1-33-12-9-24(39)19-35(33)15-16-37(26(20-35)31(40)27-6-5-17-44-27)29(33)10-13-34(2)30(37)11-14-36(34)22-38(32(41)45-36)21-23-7-8-25(42-3)18-28(23)43-4/h5-8,15-18,20,24,29-30,39H,9-14,19,21-22H2,1-4H3/t24-,29+,30+,33+,34-,35-,36+,37+/m0/s1. The molecule has 4 fully saturated rings. The summed E-state index contributed by atoms with van der Waals surface area (Å²) in [6.07, 6.45) is 13.6. The summed E-state index contributed by atoms with van der Waals surface area (Å²) in [4.78, 5) is 29.9. The van der Waals surface area contributed by atoms with Crippen LogP contribution in [0.15, 0.2) is 64.8 Å². The van der Waals surface area contributed by atoms with Gasteiger partial charge in [-0.1, -0.05) is 32.1 Å². The number of carbonyl (C=O) groups excluding carboxylic acids is 2. The van der Waals surface area contributed by atoms with E-state index in [1.54, 1.807) is 32.6 Å². The van der Waals surface area contributed by atoms with Crippen molar-refractivity contribution in [3.8, 4) is 11.5 Å². The molecule has 8 nitrogen and oxygen atoms in total. The van der Waals surface area contributed by atoms with Gasteiger partial charge in [-0.3, -0.25) is 9.69 Å². The maximum Gasteiger partial charge on any atom is 0.410 e. The Morgan fingerprint density at radius 2 is 1.80 bits per heavy atom. The van der Waals surface area contributed by atoms with Crippen molar-refractivity contribution in [3.05, 3.63) is 71.7 Å². The number of methoxy groups -OCH3 is 2. The van der Waals surface area contributed by atoms with E-state index in [0.717, 1.165) is 49.7 Å². The van der Waals surface area contributed by atoms with E-state index in [1.807, 2.05) is 23.1 Å². The highest BCUT2D eigenvalue weighted by Crippen LogP contribution is 2.79. The molecule has 1 aromatic heterocycles. The molecule has 3 saturated carbocycles. The van der Waals surface area contributed by atoms with Gasteiger partial charge in [-0.25, -0.2) is 4.79 Å². The highest BCUT2D eigenvalue weighted by Gasteiger charge is 2.76. The van der Waals surface area contributed by atoms with Crippen LogP contribution in [-0.4, -0.2) is 54.4 Å². The molecule has 1 N–H and O–H groups in total. The molecule has 2 aromatic rings. The Bertz CT molecular complexity index is 1630. The Morgan fingerprint density at radius 3 is 2.56 bits per heavy atom. The smallest absolute Gasteiger partial charge is 0.410 e. The molecular weight excluding hydrogens is 570 g/mol. The Morgan fingerprint density at radius 1 is 1.02 bits per heavy atom. The summed E-state index contributed by atoms with van der Waals surface area (Å²) in [6, 6.07) is 9.20. The largest absolute Gasteiger partial charge is 0.497 e. The molecule has 1 aromatic carbocycles. The molecule has 6 aliphatic carbocycles. The topological polar surface area (TPSA) is 98.4 Å². The normalized spacial score (nSPS) is 40.9. The van der Waals surface area contributed by atoms with Gasteiger partial charge >= 0.3 is 6.09 Å². The summed E-state index contributed by atoms with van der Waals surface area (Å²) in [5.74, 6) is 2.02. The number of allylic oxidation sites excluding steroid dienone is 4. The number of fused-ring (bicyclic) bond motifs is 2. The first-order valence-electron chi connectivity index (χ1n) is 16.4. The number of benzene rings is 1. The van der Waals surface area contributed by atoms with Crippen molar-refractivity contribution in [2.45, 2.75) is 77.0 Å². The van der Waals surface area contributed by atoms with Gasteiger partial charge in [0.2, 0.25) is 5.78 Å². The van der Waals surface area contributed by atoms with Gasteiger partial charge in [0.05, 0.1) is 39.7 Å². The van der Waals surface area contributed by atoms with Crippen LogP contribution in [0.5, 0.6) is 11.5 Å². The number of hydrogen-bond donors (Lipinski definition) is 1. The molecule has 7 aliphatic rings. The summed E-state index contributed by atoms with van der Waals surface area (Å²) >= 11 is 0. The molecule has 2 bridgehead atoms. The fourth-order valence-corrected chi connectivity index (χ4v) is 11.2. The van der Waals surface area contributed by atoms with Gasteiger partial charge in [-0.2, -0.15) is 0 Å². The maximum atomic E-state index is 14.4. The summed E-state index contributed by atoms with van der Waals surface area (Å²) in [6.45, 7) is 5.59. The summed E-state index contributed by atoms with van der Waals surface area (Å²) < 4.78 is 23.2. The molecule has 1 saturated heterocycles. The average Bonchev–Trinajstić information content (AvgIpc) is 3.75. The van der Waals surface area contributed by atoms with E-state index in [4.69, 9.17) is 18.6 Å². The van der Waals surface area contributed by atoms with Crippen molar-refractivity contribution in [1.29, 1.82) is 0 Å². The molecule has 1 amide bonds. The van der Waals surface area contributed by atoms with Crippen molar-refractivity contribution in [3.63, 3.8) is 0 Å². The number of ether oxygens (including phenoxy) is 3. The van der Waals surface area contributed by atoms with E-state index < -0.39 is 11.0 Å². The molecule has 1 aliphatic heterocycles. The van der Waals surface area contributed by atoms with Crippen LogP contribution >= 0.6 is 0 Å². The molecule has 238 valence electrons. The van der Waals surface area contributed by atoms with Gasteiger partial charge in [0.25, 0.3) is 0 Å². The zero-order valence-corrected chi connectivity index (χ0v) is 26.6. The second kappa shape index (κ2) is 9.50. The number of Topliss-reactive ketones (excluding diaryl/α,β-unsaturated/α-hetero) is 1. The Kier molecular flexibility index (Phi) is 6.11. The van der Waals surface area contributed by atoms with Crippen molar-refractivity contribution in [2.24, 2.45) is 33.5 Å². The Labute approximate surface area is 264 Å². The van der Waals surface area contributed by atoms with Crippen molar-refractivity contribution < 1.29 is 33.3 Å². The number of amides is 1. The van der Waals surface area contributed by atoms with Crippen LogP contribution in [0.1, 0.15) is 74.9 Å². The minimum Gasteiger partial charge on any atom is -0.497 e. The second-order valence-corrected chi connectivity index (χ2v) is 15.0. The number of aliphatic hydroxyl groups excluding tert-OH is 1. The molecule has 0 radical (unpaired) electrons. The minimum atomic E-state index is -0.656. The van der Waals surface area contributed by atoms with Crippen molar-refractivity contribution in [2.75, 3.05) is 20.8 Å². The van der Waals surface area contributed by atoms with Crippen LogP contribution in [0.25, 0.3) is 0 Å². The lowest BCUT2D eigenvalue weighted by Crippen LogP contribution is -2.67. The van der Waals surface area contributed by atoms with E-state index >= 15 is 0 Å². The first-order chi connectivity index (χ1) is 21.5. The van der Waals surface area contributed by atoms with Gasteiger partial charge in [0.1, 0.15) is 17.1 Å². The number of rotatable bonds is 6. The van der Waals surface area contributed by atoms with E-state index in [-0.39, 0.29) is 46.1 Å².